The van der Waals surface area contributed by atoms with Gasteiger partial charge in [-0.15, -0.1) is 5.11 Å². The summed E-state index contributed by atoms with van der Waals surface area (Å²) in [5.74, 6) is -0.123. The SMILES string of the molecule is NS(=O)(=O)c1ccc(N=Nc2c(O)[nH]c3cccc(-c4ccn[nH]4)c23)cc1. The molecule has 0 aliphatic heterocycles. The number of nitrogens with zero attached hydrogens (tertiary/aromatic N) is 3. The van der Waals surface area contributed by atoms with E-state index in [2.05, 4.69) is 25.4 Å². The molecule has 0 fully saturated rings. The van der Waals surface area contributed by atoms with E-state index in [9.17, 15) is 13.5 Å². The predicted octanol–water partition coefficient (Wildman–Crippen LogP) is 3.33. The largest absolute Gasteiger partial charge is 0.493 e. The fraction of sp³-hybridized carbons (Fsp3) is 0. The van der Waals surface area contributed by atoms with Crippen LogP contribution in [0.15, 0.2) is 69.9 Å². The third-order valence-electron chi connectivity index (χ3n) is 4.00. The normalized spacial score (nSPS) is 12.2. The summed E-state index contributed by atoms with van der Waals surface area (Å²) in [6.07, 6.45) is 1.63. The number of sulfonamides is 1. The lowest BCUT2D eigenvalue weighted by Crippen LogP contribution is -2.11. The van der Waals surface area contributed by atoms with E-state index < -0.39 is 10.0 Å². The first-order valence-electron chi connectivity index (χ1n) is 7.81. The molecule has 0 unspecified atom stereocenters. The number of hydrogen-bond donors (Lipinski definition) is 4. The highest BCUT2D eigenvalue weighted by atomic mass is 32.2. The maximum atomic E-state index is 11.3. The number of aromatic nitrogens is 3. The Kier molecular flexibility index (Phi) is 3.98. The van der Waals surface area contributed by atoms with Gasteiger partial charge in [-0.1, -0.05) is 12.1 Å². The van der Waals surface area contributed by atoms with E-state index in [1.807, 2.05) is 24.3 Å². The number of nitrogens with two attached hydrogens (primary N) is 1. The first kappa shape index (κ1) is 16.9. The lowest BCUT2D eigenvalue weighted by Gasteiger charge is -2.01. The molecule has 10 heteroatoms. The van der Waals surface area contributed by atoms with Gasteiger partial charge in [-0.25, -0.2) is 13.6 Å². The molecule has 0 atom stereocenters. The minimum Gasteiger partial charge on any atom is -0.493 e. The topological polar surface area (TPSA) is 150 Å². The zero-order chi connectivity index (χ0) is 19.0. The number of rotatable bonds is 4. The molecular formula is C17H14N6O3S. The Bertz CT molecular complexity index is 1240. The second-order valence-electron chi connectivity index (χ2n) is 5.76. The lowest BCUT2D eigenvalue weighted by atomic mass is 10.1. The third-order valence-corrected chi connectivity index (χ3v) is 4.93. The van der Waals surface area contributed by atoms with Crippen LogP contribution in [0.4, 0.5) is 11.4 Å². The van der Waals surface area contributed by atoms with Crippen molar-refractivity contribution in [1.29, 1.82) is 0 Å². The summed E-state index contributed by atoms with van der Waals surface area (Å²) in [7, 11) is -3.77. The van der Waals surface area contributed by atoms with Crippen LogP contribution in [0, 0.1) is 0 Å². The van der Waals surface area contributed by atoms with Gasteiger partial charge in [-0.2, -0.15) is 10.2 Å². The van der Waals surface area contributed by atoms with Gasteiger partial charge in [-0.3, -0.25) is 5.10 Å². The lowest BCUT2D eigenvalue weighted by molar-refractivity contribution is 0.459. The van der Waals surface area contributed by atoms with E-state index in [0.29, 0.717) is 16.6 Å². The van der Waals surface area contributed by atoms with Crippen molar-refractivity contribution >= 4 is 32.3 Å². The Morgan fingerprint density at radius 2 is 1.81 bits per heavy atom. The molecule has 0 bridgehead atoms. The first-order valence-corrected chi connectivity index (χ1v) is 9.36. The minimum atomic E-state index is -3.77. The average Bonchev–Trinajstić information content (AvgIpc) is 3.27. The summed E-state index contributed by atoms with van der Waals surface area (Å²) in [5, 5.41) is 31.1. The molecule has 136 valence electrons. The van der Waals surface area contributed by atoms with E-state index in [1.54, 1.807) is 6.20 Å². The van der Waals surface area contributed by atoms with Gasteiger partial charge in [0.25, 0.3) is 0 Å². The Balaban J connectivity index is 1.78. The van der Waals surface area contributed by atoms with Crippen molar-refractivity contribution in [2.45, 2.75) is 4.90 Å². The molecule has 4 aromatic rings. The van der Waals surface area contributed by atoms with Crippen LogP contribution >= 0.6 is 0 Å². The maximum Gasteiger partial charge on any atom is 0.238 e. The van der Waals surface area contributed by atoms with Crippen LogP contribution in [-0.2, 0) is 10.0 Å². The highest BCUT2D eigenvalue weighted by molar-refractivity contribution is 7.89. The molecule has 0 amide bonds. The van der Waals surface area contributed by atoms with Crippen LogP contribution in [0.1, 0.15) is 0 Å². The number of nitrogens with one attached hydrogen (secondary N) is 2. The van der Waals surface area contributed by atoms with E-state index in [1.165, 1.54) is 24.3 Å². The van der Waals surface area contributed by atoms with Crippen LogP contribution < -0.4 is 5.14 Å². The Hall–Kier alpha value is -3.50. The van der Waals surface area contributed by atoms with Crippen LogP contribution in [-0.4, -0.2) is 28.7 Å². The van der Waals surface area contributed by atoms with Crippen molar-refractivity contribution in [2.75, 3.05) is 0 Å². The van der Waals surface area contributed by atoms with E-state index >= 15 is 0 Å². The van der Waals surface area contributed by atoms with Crippen LogP contribution in [0.25, 0.3) is 22.2 Å². The van der Waals surface area contributed by atoms with Crippen molar-refractivity contribution in [3.05, 3.63) is 54.7 Å². The molecule has 5 N–H and O–H groups in total. The Morgan fingerprint density at radius 1 is 1.04 bits per heavy atom. The van der Waals surface area contributed by atoms with Crippen molar-refractivity contribution in [2.24, 2.45) is 15.4 Å². The molecule has 2 aromatic heterocycles. The second-order valence-corrected chi connectivity index (χ2v) is 7.32. The molecule has 2 heterocycles. The fourth-order valence-electron chi connectivity index (χ4n) is 2.75. The number of benzene rings is 2. The van der Waals surface area contributed by atoms with Gasteiger partial charge >= 0.3 is 0 Å². The predicted molar refractivity (Wildman–Crippen MR) is 99.5 cm³/mol. The van der Waals surface area contributed by atoms with Gasteiger partial charge in [0.1, 0.15) is 0 Å². The van der Waals surface area contributed by atoms with Crippen molar-refractivity contribution in [3.63, 3.8) is 0 Å². The van der Waals surface area contributed by atoms with Crippen molar-refractivity contribution in [3.8, 4) is 17.1 Å². The zero-order valence-corrected chi connectivity index (χ0v) is 14.6. The highest BCUT2D eigenvalue weighted by Crippen LogP contribution is 2.41. The van der Waals surface area contributed by atoms with Gasteiger partial charge in [0, 0.05) is 17.1 Å². The average molecular weight is 382 g/mol. The number of aromatic amines is 2. The summed E-state index contributed by atoms with van der Waals surface area (Å²) < 4.78 is 22.6. The van der Waals surface area contributed by atoms with E-state index in [0.717, 1.165) is 11.3 Å². The Labute approximate surface area is 153 Å². The zero-order valence-electron chi connectivity index (χ0n) is 13.8. The van der Waals surface area contributed by atoms with E-state index in [-0.39, 0.29) is 16.5 Å². The number of aromatic hydroxyl groups is 1. The van der Waals surface area contributed by atoms with Crippen LogP contribution in [0.5, 0.6) is 5.88 Å². The van der Waals surface area contributed by atoms with Crippen LogP contribution in [0.3, 0.4) is 0 Å². The molecule has 0 aliphatic rings. The second kappa shape index (κ2) is 6.34. The number of hydrogen-bond acceptors (Lipinski definition) is 6. The van der Waals surface area contributed by atoms with Gasteiger partial charge < -0.3 is 10.1 Å². The highest BCUT2D eigenvalue weighted by Gasteiger charge is 2.16. The molecule has 9 nitrogen and oxygen atoms in total. The smallest absolute Gasteiger partial charge is 0.238 e. The minimum absolute atomic E-state index is 0.0158. The Morgan fingerprint density at radius 3 is 2.48 bits per heavy atom. The molecule has 0 spiro atoms. The van der Waals surface area contributed by atoms with Gasteiger partial charge in [0.2, 0.25) is 15.9 Å². The maximum absolute atomic E-state index is 11.3. The summed E-state index contributed by atoms with van der Waals surface area (Å²) in [5.41, 5.74) is 2.95. The summed E-state index contributed by atoms with van der Waals surface area (Å²) in [6.45, 7) is 0. The number of H-pyrrole nitrogens is 2. The van der Waals surface area contributed by atoms with Crippen molar-refractivity contribution in [1.82, 2.24) is 15.2 Å². The summed E-state index contributed by atoms with van der Waals surface area (Å²) in [4.78, 5) is 2.85. The fourth-order valence-corrected chi connectivity index (χ4v) is 3.27. The molecular weight excluding hydrogens is 368 g/mol. The van der Waals surface area contributed by atoms with Crippen LogP contribution in [0.2, 0.25) is 0 Å². The molecule has 0 saturated heterocycles. The number of fused-ring (bicyclic) bond motifs is 1. The quantitative estimate of drug-likeness (QED) is 0.400. The molecule has 0 saturated carbocycles. The van der Waals surface area contributed by atoms with Gasteiger partial charge in [-0.05, 0) is 36.4 Å². The van der Waals surface area contributed by atoms with Gasteiger partial charge in [0.15, 0.2) is 5.69 Å². The van der Waals surface area contributed by atoms with Crippen molar-refractivity contribution < 1.29 is 13.5 Å². The molecule has 27 heavy (non-hydrogen) atoms. The summed E-state index contributed by atoms with van der Waals surface area (Å²) in [6, 6.07) is 13.0. The molecule has 4 rings (SSSR count). The third kappa shape index (κ3) is 3.18. The number of primary sulfonamides is 1. The van der Waals surface area contributed by atoms with E-state index in [4.69, 9.17) is 5.14 Å². The molecule has 0 aliphatic carbocycles. The monoisotopic (exact) mass is 382 g/mol. The molecule has 0 radical (unpaired) electrons. The standard InChI is InChI=1S/C17H14N6O3S/c18-27(25,26)11-6-4-10(5-7-11)21-23-16-15-12(13-8-9-19-22-13)2-1-3-14(15)20-17(16)24/h1-9,20,24H,(H,19,22)(H2,18,25,26). The van der Waals surface area contributed by atoms with Gasteiger partial charge in [0.05, 0.1) is 21.8 Å². The number of azo groups is 1. The molecule has 2 aromatic carbocycles. The first-order chi connectivity index (χ1) is 12.9. The summed E-state index contributed by atoms with van der Waals surface area (Å²) >= 11 is 0.